The van der Waals surface area contributed by atoms with Gasteiger partial charge in [-0.25, -0.2) is 0 Å². The molecule has 0 amide bonds. The Labute approximate surface area is 76.8 Å². The maximum absolute atomic E-state index is 3.20. The predicted molar refractivity (Wildman–Crippen MR) is 54.5 cm³/mol. The van der Waals surface area contributed by atoms with Crippen molar-refractivity contribution in [2.45, 2.75) is 40.5 Å². The fraction of sp³-hybridized carbons (Fsp3) is 0.667. The maximum Gasteiger partial charge on any atom is 0.0283 e. The van der Waals surface area contributed by atoms with E-state index in [1.54, 1.807) is 0 Å². The van der Waals surface area contributed by atoms with Crippen molar-refractivity contribution in [3.05, 3.63) is 0 Å². The minimum atomic E-state index is 0.427. The molecule has 0 bridgehead atoms. The van der Waals surface area contributed by atoms with Crippen molar-refractivity contribution in [2.24, 2.45) is 11.8 Å². The first kappa shape index (κ1) is 11.1. The second-order valence-electron chi connectivity index (χ2n) is 3.45. The van der Waals surface area contributed by atoms with E-state index >= 15 is 0 Å². The van der Waals surface area contributed by atoms with Crippen molar-refractivity contribution in [3.63, 3.8) is 0 Å². The molecule has 0 aromatic heterocycles. The van der Waals surface area contributed by atoms with Crippen molar-refractivity contribution in [3.8, 4) is 23.7 Å². The van der Waals surface area contributed by atoms with E-state index in [1.165, 1.54) is 0 Å². The van der Waals surface area contributed by atoms with Crippen molar-refractivity contribution < 1.29 is 0 Å². The van der Waals surface area contributed by atoms with E-state index in [0.29, 0.717) is 11.8 Å². The predicted octanol–water partition coefficient (Wildman–Crippen LogP) is 3.09. The molecule has 0 heterocycles. The Balaban J connectivity index is 3.68. The monoisotopic (exact) mass is 162 g/mol. The molecule has 0 aliphatic carbocycles. The van der Waals surface area contributed by atoms with Gasteiger partial charge in [-0.1, -0.05) is 26.7 Å². The summed E-state index contributed by atoms with van der Waals surface area (Å²) in [4.78, 5) is 0. The lowest BCUT2D eigenvalue weighted by Gasteiger charge is -1.96. The Hall–Kier alpha value is -0.880. The summed E-state index contributed by atoms with van der Waals surface area (Å²) in [5, 5.41) is 0. The summed E-state index contributed by atoms with van der Waals surface area (Å²) < 4.78 is 0. The van der Waals surface area contributed by atoms with Gasteiger partial charge in [-0.15, -0.1) is 17.8 Å². The third-order valence-corrected chi connectivity index (χ3v) is 1.44. The zero-order chi connectivity index (χ0) is 9.40. The van der Waals surface area contributed by atoms with Gasteiger partial charge in [0.2, 0.25) is 0 Å². The molecule has 0 fully saturated rings. The Morgan fingerprint density at radius 3 is 2.17 bits per heavy atom. The molecule has 0 N–H and O–H groups in total. The van der Waals surface area contributed by atoms with Gasteiger partial charge in [0.05, 0.1) is 0 Å². The Bertz CT molecular complexity index is 214. The fourth-order valence-electron chi connectivity index (χ4n) is 0.743. The molecule has 0 aromatic rings. The molecule has 0 aromatic carbocycles. The molecule has 0 aliphatic rings. The SMILES string of the molecule is CC#CCC(C)C#CCC(C)C. The van der Waals surface area contributed by atoms with E-state index in [0.717, 1.165) is 12.8 Å². The molecule has 66 valence electrons. The van der Waals surface area contributed by atoms with Gasteiger partial charge in [0, 0.05) is 18.8 Å². The first-order valence-corrected chi connectivity index (χ1v) is 4.54. The van der Waals surface area contributed by atoms with Crippen LogP contribution in [0.1, 0.15) is 40.5 Å². The highest BCUT2D eigenvalue weighted by Gasteiger charge is 1.92. The van der Waals surface area contributed by atoms with E-state index in [1.807, 2.05) is 6.92 Å². The summed E-state index contributed by atoms with van der Waals surface area (Å²) in [5.74, 6) is 13.4. The summed E-state index contributed by atoms with van der Waals surface area (Å²) in [7, 11) is 0. The van der Waals surface area contributed by atoms with Crippen LogP contribution in [0.15, 0.2) is 0 Å². The lowest BCUT2D eigenvalue weighted by molar-refractivity contribution is 0.673. The maximum atomic E-state index is 3.20. The topological polar surface area (TPSA) is 0 Å². The molecule has 0 aliphatic heterocycles. The van der Waals surface area contributed by atoms with E-state index in [-0.39, 0.29) is 0 Å². The molecule has 0 radical (unpaired) electrons. The van der Waals surface area contributed by atoms with Crippen LogP contribution in [0.3, 0.4) is 0 Å². The molecular formula is C12H18. The molecule has 0 rings (SSSR count). The summed E-state index contributed by atoms with van der Waals surface area (Å²) in [6.45, 7) is 8.36. The van der Waals surface area contributed by atoms with Crippen LogP contribution in [-0.4, -0.2) is 0 Å². The van der Waals surface area contributed by atoms with Crippen molar-refractivity contribution in [1.29, 1.82) is 0 Å². The van der Waals surface area contributed by atoms with Crippen LogP contribution in [0.5, 0.6) is 0 Å². The van der Waals surface area contributed by atoms with Crippen LogP contribution in [0.2, 0.25) is 0 Å². The van der Waals surface area contributed by atoms with Crippen LogP contribution in [0.4, 0.5) is 0 Å². The zero-order valence-electron chi connectivity index (χ0n) is 8.57. The number of hydrogen-bond donors (Lipinski definition) is 0. The summed E-state index contributed by atoms with van der Waals surface area (Å²) >= 11 is 0. The molecule has 1 unspecified atom stereocenters. The highest BCUT2D eigenvalue weighted by molar-refractivity contribution is 5.07. The quantitative estimate of drug-likeness (QED) is 0.547. The largest absolute Gasteiger partial charge is 0.107 e. The molecule has 0 nitrogen and oxygen atoms in total. The number of rotatable bonds is 2. The Morgan fingerprint density at radius 2 is 1.67 bits per heavy atom. The highest BCUT2D eigenvalue weighted by Crippen LogP contribution is 2.00. The minimum absolute atomic E-state index is 0.427. The Kier molecular flexibility index (Phi) is 6.31. The van der Waals surface area contributed by atoms with Crippen LogP contribution >= 0.6 is 0 Å². The van der Waals surface area contributed by atoms with Gasteiger partial charge in [-0.05, 0) is 12.8 Å². The second kappa shape index (κ2) is 6.81. The average molecular weight is 162 g/mol. The van der Waals surface area contributed by atoms with E-state index < -0.39 is 0 Å². The second-order valence-corrected chi connectivity index (χ2v) is 3.45. The smallest absolute Gasteiger partial charge is 0.0283 e. The van der Waals surface area contributed by atoms with Crippen LogP contribution in [-0.2, 0) is 0 Å². The molecule has 0 spiro atoms. The normalized spacial score (nSPS) is 11.1. The standard InChI is InChI=1S/C12H18/c1-5-6-9-12(4)10-7-8-11(2)3/h11-12H,8-9H2,1-4H3. The van der Waals surface area contributed by atoms with Crippen molar-refractivity contribution >= 4 is 0 Å². The average Bonchev–Trinajstić information content (AvgIpc) is 2.00. The van der Waals surface area contributed by atoms with Gasteiger partial charge in [-0.2, -0.15) is 0 Å². The van der Waals surface area contributed by atoms with Gasteiger partial charge in [0.1, 0.15) is 0 Å². The van der Waals surface area contributed by atoms with Crippen LogP contribution in [0.25, 0.3) is 0 Å². The first-order valence-electron chi connectivity index (χ1n) is 4.54. The van der Waals surface area contributed by atoms with Crippen molar-refractivity contribution in [1.82, 2.24) is 0 Å². The van der Waals surface area contributed by atoms with E-state index in [9.17, 15) is 0 Å². The van der Waals surface area contributed by atoms with Gasteiger partial charge < -0.3 is 0 Å². The molecule has 0 heteroatoms. The third-order valence-electron chi connectivity index (χ3n) is 1.44. The first-order chi connectivity index (χ1) is 5.66. The highest BCUT2D eigenvalue weighted by atomic mass is 14.0. The van der Waals surface area contributed by atoms with Gasteiger partial charge in [-0.3, -0.25) is 0 Å². The molecule has 12 heavy (non-hydrogen) atoms. The number of hydrogen-bond acceptors (Lipinski definition) is 0. The summed E-state index contributed by atoms with van der Waals surface area (Å²) in [6, 6.07) is 0. The molecule has 0 saturated heterocycles. The Morgan fingerprint density at radius 1 is 1.00 bits per heavy atom. The van der Waals surface area contributed by atoms with Crippen LogP contribution < -0.4 is 0 Å². The van der Waals surface area contributed by atoms with E-state index in [2.05, 4.69) is 44.5 Å². The minimum Gasteiger partial charge on any atom is -0.107 e. The van der Waals surface area contributed by atoms with Gasteiger partial charge >= 0.3 is 0 Å². The lowest BCUT2D eigenvalue weighted by Crippen LogP contribution is -1.88. The summed E-state index contributed by atoms with van der Waals surface area (Å²) in [6.07, 6.45) is 1.91. The summed E-state index contributed by atoms with van der Waals surface area (Å²) in [5.41, 5.74) is 0. The van der Waals surface area contributed by atoms with Crippen LogP contribution in [0, 0.1) is 35.5 Å². The van der Waals surface area contributed by atoms with E-state index in [4.69, 9.17) is 0 Å². The van der Waals surface area contributed by atoms with Gasteiger partial charge in [0.15, 0.2) is 0 Å². The van der Waals surface area contributed by atoms with Crippen molar-refractivity contribution in [2.75, 3.05) is 0 Å². The molecule has 1 atom stereocenters. The molecular weight excluding hydrogens is 144 g/mol. The van der Waals surface area contributed by atoms with Gasteiger partial charge in [0.25, 0.3) is 0 Å². The molecule has 0 saturated carbocycles. The third kappa shape index (κ3) is 7.23. The zero-order valence-corrected chi connectivity index (χ0v) is 8.57. The fourth-order valence-corrected chi connectivity index (χ4v) is 0.743. The lowest BCUT2D eigenvalue weighted by atomic mass is 10.1.